The normalized spacial score (nSPS) is 27.8. The van der Waals surface area contributed by atoms with Crippen LogP contribution >= 0.6 is 0 Å². The zero-order chi connectivity index (χ0) is 10.3. The summed E-state index contributed by atoms with van der Waals surface area (Å²) in [6.07, 6.45) is 2.37. The van der Waals surface area contributed by atoms with Crippen LogP contribution in [0.2, 0.25) is 0 Å². The lowest BCUT2D eigenvalue weighted by molar-refractivity contribution is -0.140. The van der Waals surface area contributed by atoms with Crippen LogP contribution < -0.4 is 0 Å². The topological polar surface area (TPSA) is 40.5 Å². The van der Waals surface area contributed by atoms with Crippen LogP contribution in [-0.2, 0) is 4.79 Å². The summed E-state index contributed by atoms with van der Waals surface area (Å²) in [5.74, 6) is 0.212. The Hall–Kier alpha value is -0.570. The zero-order valence-corrected chi connectivity index (χ0v) is 8.99. The van der Waals surface area contributed by atoms with E-state index < -0.39 is 6.10 Å². The van der Waals surface area contributed by atoms with Crippen LogP contribution in [0.1, 0.15) is 33.1 Å². The van der Waals surface area contributed by atoms with Gasteiger partial charge in [-0.05, 0) is 30.6 Å². The second kappa shape index (κ2) is 3.23. The van der Waals surface area contributed by atoms with Crippen molar-refractivity contribution >= 4 is 5.91 Å². The van der Waals surface area contributed by atoms with Crippen molar-refractivity contribution in [2.75, 3.05) is 13.1 Å². The molecule has 1 aliphatic carbocycles. The summed E-state index contributed by atoms with van der Waals surface area (Å²) in [4.78, 5) is 13.6. The SMILES string of the molecule is CC1(C)CCN(C(=O)C(O)C2CC2)C1. The van der Waals surface area contributed by atoms with E-state index in [-0.39, 0.29) is 17.2 Å². The quantitative estimate of drug-likeness (QED) is 0.718. The first-order valence-electron chi connectivity index (χ1n) is 5.46. The Kier molecular flexibility index (Phi) is 2.30. The maximum atomic E-state index is 11.8. The van der Waals surface area contributed by atoms with Gasteiger partial charge in [0, 0.05) is 13.1 Å². The number of rotatable bonds is 2. The molecule has 80 valence electrons. The predicted octanol–water partition coefficient (Wildman–Crippen LogP) is 1.02. The van der Waals surface area contributed by atoms with E-state index in [9.17, 15) is 9.90 Å². The lowest BCUT2D eigenvalue weighted by Crippen LogP contribution is -2.39. The maximum absolute atomic E-state index is 11.8. The highest BCUT2D eigenvalue weighted by atomic mass is 16.3. The highest BCUT2D eigenvalue weighted by Gasteiger charge is 2.40. The third-order valence-electron chi connectivity index (χ3n) is 3.31. The molecule has 2 fully saturated rings. The molecule has 2 rings (SSSR count). The molecular weight excluding hydrogens is 178 g/mol. The fraction of sp³-hybridized carbons (Fsp3) is 0.909. The molecular formula is C11H19NO2. The predicted molar refractivity (Wildman–Crippen MR) is 53.7 cm³/mol. The molecule has 0 spiro atoms. The Morgan fingerprint density at radius 1 is 1.50 bits per heavy atom. The van der Waals surface area contributed by atoms with Crippen LogP contribution in [0.25, 0.3) is 0 Å². The fourth-order valence-corrected chi connectivity index (χ4v) is 2.10. The van der Waals surface area contributed by atoms with Crippen LogP contribution in [-0.4, -0.2) is 35.1 Å². The largest absolute Gasteiger partial charge is 0.383 e. The number of carbonyl (C=O) groups excluding carboxylic acids is 1. The van der Waals surface area contributed by atoms with Crippen LogP contribution in [0.5, 0.6) is 0 Å². The minimum absolute atomic E-state index is 0.0434. The molecule has 0 aromatic rings. The number of amides is 1. The Morgan fingerprint density at radius 2 is 2.14 bits per heavy atom. The number of carbonyl (C=O) groups is 1. The van der Waals surface area contributed by atoms with Gasteiger partial charge in [0.05, 0.1) is 0 Å². The number of hydrogen-bond acceptors (Lipinski definition) is 2. The van der Waals surface area contributed by atoms with Gasteiger partial charge in [0.2, 0.25) is 0 Å². The van der Waals surface area contributed by atoms with Crippen LogP contribution in [0.4, 0.5) is 0 Å². The summed E-state index contributed by atoms with van der Waals surface area (Å²) in [5.41, 5.74) is 0.235. The highest BCUT2D eigenvalue weighted by molar-refractivity contribution is 5.81. The second-order valence-corrected chi connectivity index (χ2v) is 5.46. The Balaban J connectivity index is 1.92. The van der Waals surface area contributed by atoms with Crippen molar-refractivity contribution in [3.05, 3.63) is 0 Å². The van der Waals surface area contributed by atoms with E-state index in [1.165, 1.54) is 0 Å². The summed E-state index contributed by atoms with van der Waals surface area (Å²) in [6, 6.07) is 0. The van der Waals surface area contributed by atoms with Crippen molar-refractivity contribution in [1.82, 2.24) is 4.90 Å². The van der Waals surface area contributed by atoms with Crippen molar-refractivity contribution in [3.63, 3.8) is 0 Å². The maximum Gasteiger partial charge on any atom is 0.251 e. The van der Waals surface area contributed by atoms with Crippen molar-refractivity contribution in [2.24, 2.45) is 11.3 Å². The number of likely N-dealkylation sites (tertiary alicyclic amines) is 1. The number of aliphatic hydroxyl groups is 1. The van der Waals surface area contributed by atoms with Gasteiger partial charge in [-0.25, -0.2) is 0 Å². The smallest absolute Gasteiger partial charge is 0.251 e. The van der Waals surface area contributed by atoms with Gasteiger partial charge in [0.1, 0.15) is 6.10 Å². The zero-order valence-electron chi connectivity index (χ0n) is 8.99. The van der Waals surface area contributed by atoms with E-state index in [4.69, 9.17) is 0 Å². The van der Waals surface area contributed by atoms with Gasteiger partial charge in [-0.1, -0.05) is 13.8 Å². The number of aliphatic hydroxyl groups excluding tert-OH is 1. The van der Waals surface area contributed by atoms with E-state index in [1.54, 1.807) is 0 Å². The van der Waals surface area contributed by atoms with Gasteiger partial charge >= 0.3 is 0 Å². The summed E-state index contributed by atoms with van der Waals surface area (Å²) in [5, 5.41) is 9.70. The summed E-state index contributed by atoms with van der Waals surface area (Å²) < 4.78 is 0. The fourth-order valence-electron chi connectivity index (χ4n) is 2.10. The first kappa shape index (κ1) is 9.97. The molecule has 0 aromatic heterocycles. The van der Waals surface area contributed by atoms with Crippen molar-refractivity contribution < 1.29 is 9.90 Å². The third-order valence-corrected chi connectivity index (χ3v) is 3.31. The van der Waals surface area contributed by atoms with E-state index >= 15 is 0 Å². The standard InChI is InChI=1S/C11H19NO2/c1-11(2)5-6-12(7-11)10(14)9(13)8-3-4-8/h8-9,13H,3-7H2,1-2H3. The van der Waals surface area contributed by atoms with Crippen LogP contribution in [0.15, 0.2) is 0 Å². The molecule has 1 saturated carbocycles. The average Bonchev–Trinajstić information content (AvgIpc) is 2.89. The van der Waals surface area contributed by atoms with E-state index in [1.807, 2.05) is 4.90 Å². The average molecular weight is 197 g/mol. The molecule has 1 unspecified atom stereocenters. The van der Waals surface area contributed by atoms with Gasteiger partial charge in [-0.2, -0.15) is 0 Å². The molecule has 1 N–H and O–H groups in total. The molecule has 0 radical (unpaired) electrons. The molecule has 1 aliphatic heterocycles. The molecule has 1 saturated heterocycles. The lowest BCUT2D eigenvalue weighted by Gasteiger charge is -2.22. The Labute approximate surface area is 85.1 Å². The molecule has 1 heterocycles. The first-order chi connectivity index (χ1) is 6.49. The van der Waals surface area contributed by atoms with Gasteiger partial charge in [0.25, 0.3) is 5.91 Å². The van der Waals surface area contributed by atoms with Crippen molar-refractivity contribution in [3.8, 4) is 0 Å². The van der Waals surface area contributed by atoms with Crippen molar-refractivity contribution in [1.29, 1.82) is 0 Å². The van der Waals surface area contributed by atoms with E-state index in [2.05, 4.69) is 13.8 Å². The highest BCUT2D eigenvalue weighted by Crippen LogP contribution is 2.35. The van der Waals surface area contributed by atoms with Crippen molar-refractivity contribution in [2.45, 2.75) is 39.2 Å². The molecule has 3 nitrogen and oxygen atoms in total. The lowest BCUT2D eigenvalue weighted by atomic mass is 9.93. The molecule has 1 amide bonds. The summed E-state index contributed by atoms with van der Waals surface area (Å²) >= 11 is 0. The van der Waals surface area contributed by atoms with Crippen LogP contribution in [0.3, 0.4) is 0 Å². The minimum atomic E-state index is -0.719. The minimum Gasteiger partial charge on any atom is -0.383 e. The molecule has 14 heavy (non-hydrogen) atoms. The Bertz CT molecular complexity index is 246. The molecule has 0 aromatic carbocycles. The van der Waals surface area contributed by atoms with Gasteiger partial charge in [-0.15, -0.1) is 0 Å². The van der Waals surface area contributed by atoms with E-state index in [0.717, 1.165) is 32.4 Å². The number of hydrogen-bond donors (Lipinski definition) is 1. The summed E-state index contributed by atoms with van der Waals surface area (Å²) in [6.45, 7) is 5.96. The molecule has 3 heteroatoms. The molecule has 1 atom stereocenters. The monoisotopic (exact) mass is 197 g/mol. The first-order valence-corrected chi connectivity index (χ1v) is 5.46. The summed E-state index contributed by atoms with van der Waals surface area (Å²) in [7, 11) is 0. The Morgan fingerprint density at radius 3 is 2.57 bits per heavy atom. The molecule has 0 bridgehead atoms. The van der Waals surface area contributed by atoms with Gasteiger partial charge in [-0.3, -0.25) is 4.79 Å². The number of nitrogens with zero attached hydrogens (tertiary/aromatic N) is 1. The van der Waals surface area contributed by atoms with E-state index in [0.29, 0.717) is 0 Å². The van der Waals surface area contributed by atoms with Crippen LogP contribution in [0, 0.1) is 11.3 Å². The second-order valence-electron chi connectivity index (χ2n) is 5.46. The third kappa shape index (κ3) is 1.92. The van der Waals surface area contributed by atoms with Gasteiger partial charge < -0.3 is 10.0 Å². The molecule has 2 aliphatic rings. The van der Waals surface area contributed by atoms with Gasteiger partial charge in [0.15, 0.2) is 0 Å².